The highest BCUT2D eigenvalue weighted by Gasteiger charge is 2.11. The zero-order chi connectivity index (χ0) is 15.4. The van der Waals surface area contributed by atoms with E-state index >= 15 is 0 Å². The second kappa shape index (κ2) is 6.72. The molecule has 2 aromatic rings. The summed E-state index contributed by atoms with van der Waals surface area (Å²) >= 11 is 5.98. The van der Waals surface area contributed by atoms with Crippen LogP contribution in [0.2, 0.25) is 5.15 Å². The Morgan fingerprint density at radius 1 is 1.29 bits per heavy atom. The van der Waals surface area contributed by atoms with Gasteiger partial charge in [-0.3, -0.25) is 4.79 Å². The molecule has 0 bridgehead atoms. The van der Waals surface area contributed by atoms with E-state index in [1.807, 2.05) is 39.0 Å². The van der Waals surface area contributed by atoms with Crippen LogP contribution in [-0.4, -0.2) is 10.9 Å². The van der Waals surface area contributed by atoms with E-state index in [-0.39, 0.29) is 11.8 Å². The third-order valence-corrected chi connectivity index (χ3v) is 3.40. The minimum absolute atomic E-state index is 0.136. The number of aryl methyl sites for hydroxylation is 1. The Hall–Kier alpha value is -1.87. The van der Waals surface area contributed by atoms with Gasteiger partial charge in [0.25, 0.3) is 5.91 Å². The summed E-state index contributed by atoms with van der Waals surface area (Å²) in [5.74, 6) is 0.0923. The quantitative estimate of drug-likeness (QED) is 0.864. The van der Waals surface area contributed by atoms with Crippen molar-refractivity contribution in [3.05, 3.63) is 63.9 Å². The van der Waals surface area contributed by atoms with Crippen LogP contribution in [-0.2, 0) is 6.54 Å². The number of hydrogen-bond donors (Lipinski definition) is 1. The molecular weight excluding hydrogens is 284 g/mol. The minimum Gasteiger partial charge on any atom is -0.348 e. The molecule has 0 unspecified atom stereocenters. The van der Waals surface area contributed by atoms with E-state index in [2.05, 4.69) is 16.4 Å². The summed E-state index contributed by atoms with van der Waals surface area (Å²) in [6, 6.07) is 11.5. The zero-order valence-electron chi connectivity index (χ0n) is 12.5. The van der Waals surface area contributed by atoms with Crippen molar-refractivity contribution in [2.24, 2.45) is 0 Å². The number of rotatable bonds is 4. The molecule has 0 fully saturated rings. The number of halogens is 1. The Labute approximate surface area is 130 Å². The van der Waals surface area contributed by atoms with Gasteiger partial charge in [-0.2, -0.15) is 0 Å². The van der Waals surface area contributed by atoms with Gasteiger partial charge in [0.15, 0.2) is 0 Å². The molecule has 0 aliphatic heterocycles. The van der Waals surface area contributed by atoms with Gasteiger partial charge in [0.05, 0.1) is 0 Å². The van der Waals surface area contributed by atoms with Crippen molar-refractivity contribution in [3.8, 4) is 0 Å². The summed E-state index contributed by atoms with van der Waals surface area (Å²) in [7, 11) is 0. The van der Waals surface area contributed by atoms with Gasteiger partial charge in [0.2, 0.25) is 0 Å². The first-order valence-corrected chi connectivity index (χ1v) is 7.34. The molecule has 0 spiro atoms. The van der Waals surface area contributed by atoms with E-state index < -0.39 is 0 Å². The number of aromatic nitrogens is 1. The topological polar surface area (TPSA) is 42.0 Å². The van der Waals surface area contributed by atoms with E-state index in [0.29, 0.717) is 17.3 Å². The van der Waals surface area contributed by atoms with E-state index in [4.69, 9.17) is 11.6 Å². The standard InChI is InChI=1S/C17H19ClN2O/c1-11(2)15-8-14(9-16(18)20-15)17(21)19-10-13-6-4-5-12(3)7-13/h4-9,11H,10H2,1-3H3,(H,19,21). The predicted octanol–water partition coefficient (Wildman–Crippen LogP) is 4.10. The summed E-state index contributed by atoms with van der Waals surface area (Å²) in [6.07, 6.45) is 0. The fourth-order valence-corrected chi connectivity index (χ4v) is 2.27. The van der Waals surface area contributed by atoms with E-state index in [9.17, 15) is 4.79 Å². The average molecular weight is 303 g/mol. The molecule has 21 heavy (non-hydrogen) atoms. The maximum Gasteiger partial charge on any atom is 0.251 e. The molecule has 1 heterocycles. The van der Waals surface area contributed by atoms with Crippen molar-refractivity contribution < 1.29 is 4.79 Å². The lowest BCUT2D eigenvalue weighted by Gasteiger charge is -2.09. The number of pyridine rings is 1. The lowest BCUT2D eigenvalue weighted by Crippen LogP contribution is -2.23. The van der Waals surface area contributed by atoms with Gasteiger partial charge in [-0.15, -0.1) is 0 Å². The molecule has 1 amide bonds. The summed E-state index contributed by atoms with van der Waals surface area (Å²) < 4.78 is 0. The Bertz CT molecular complexity index is 653. The Balaban J connectivity index is 2.10. The second-order valence-electron chi connectivity index (χ2n) is 5.43. The first-order valence-electron chi connectivity index (χ1n) is 6.97. The highest BCUT2D eigenvalue weighted by Crippen LogP contribution is 2.17. The van der Waals surface area contributed by atoms with Crippen LogP contribution in [0.1, 0.15) is 46.9 Å². The maximum atomic E-state index is 12.2. The molecule has 0 atom stereocenters. The highest BCUT2D eigenvalue weighted by molar-refractivity contribution is 6.29. The first-order chi connectivity index (χ1) is 9.95. The van der Waals surface area contributed by atoms with Crippen molar-refractivity contribution >= 4 is 17.5 Å². The van der Waals surface area contributed by atoms with Crippen molar-refractivity contribution in [2.45, 2.75) is 33.2 Å². The molecule has 110 valence electrons. The minimum atomic E-state index is -0.136. The summed E-state index contributed by atoms with van der Waals surface area (Å²) in [5, 5.41) is 3.26. The van der Waals surface area contributed by atoms with Crippen LogP contribution >= 0.6 is 11.6 Å². The highest BCUT2D eigenvalue weighted by atomic mass is 35.5. The van der Waals surface area contributed by atoms with E-state index in [1.165, 1.54) is 5.56 Å². The Kier molecular flexibility index (Phi) is 4.97. The van der Waals surface area contributed by atoms with Crippen LogP contribution in [0.25, 0.3) is 0 Å². The molecule has 0 saturated carbocycles. The number of amides is 1. The van der Waals surface area contributed by atoms with E-state index in [1.54, 1.807) is 12.1 Å². The predicted molar refractivity (Wildman–Crippen MR) is 85.7 cm³/mol. The van der Waals surface area contributed by atoms with Crippen LogP contribution in [0.3, 0.4) is 0 Å². The normalized spacial score (nSPS) is 10.7. The van der Waals surface area contributed by atoms with Crippen LogP contribution in [0.5, 0.6) is 0 Å². The van der Waals surface area contributed by atoms with Gasteiger partial charge in [-0.25, -0.2) is 4.98 Å². The fraction of sp³-hybridized carbons (Fsp3) is 0.294. The monoisotopic (exact) mass is 302 g/mol. The van der Waals surface area contributed by atoms with Gasteiger partial charge < -0.3 is 5.32 Å². The van der Waals surface area contributed by atoms with Gasteiger partial charge in [-0.1, -0.05) is 55.3 Å². The van der Waals surface area contributed by atoms with Crippen LogP contribution in [0.15, 0.2) is 36.4 Å². The number of hydrogen-bond acceptors (Lipinski definition) is 2. The Morgan fingerprint density at radius 2 is 2.05 bits per heavy atom. The van der Waals surface area contributed by atoms with Gasteiger partial charge in [0.1, 0.15) is 5.15 Å². The van der Waals surface area contributed by atoms with Crippen molar-refractivity contribution in [1.29, 1.82) is 0 Å². The van der Waals surface area contributed by atoms with Crippen LogP contribution in [0, 0.1) is 6.92 Å². The summed E-state index contributed by atoms with van der Waals surface area (Å²) in [6.45, 7) is 6.57. The van der Waals surface area contributed by atoms with Gasteiger partial charge in [-0.05, 0) is 30.5 Å². The molecule has 4 heteroatoms. The smallest absolute Gasteiger partial charge is 0.251 e. The van der Waals surface area contributed by atoms with Crippen LogP contribution in [0.4, 0.5) is 0 Å². The zero-order valence-corrected chi connectivity index (χ0v) is 13.2. The molecule has 1 aromatic carbocycles. The van der Waals surface area contributed by atoms with Crippen LogP contribution < -0.4 is 5.32 Å². The first kappa shape index (κ1) is 15.5. The summed E-state index contributed by atoms with van der Waals surface area (Å²) in [4.78, 5) is 16.5. The van der Waals surface area contributed by atoms with Gasteiger partial charge >= 0.3 is 0 Å². The third kappa shape index (κ3) is 4.30. The lowest BCUT2D eigenvalue weighted by molar-refractivity contribution is 0.0950. The largest absolute Gasteiger partial charge is 0.348 e. The molecular formula is C17H19ClN2O. The molecule has 1 N–H and O–H groups in total. The number of carbonyl (C=O) groups is 1. The maximum absolute atomic E-state index is 12.2. The molecule has 1 aromatic heterocycles. The number of benzene rings is 1. The third-order valence-electron chi connectivity index (χ3n) is 3.20. The number of nitrogens with zero attached hydrogens (tertiary/aromatic N) is 1. The lowest BCUT2D eigenvalue weighted by atomic mass is 10.1. The van der Waals surface area contributed by atoms with Crippen molar-refractivity contribution in [1.82, 2.24) is 10.3 Å². The van der Waals surface area contributed by atoms with Crippen molar-refractivity contribution in [2.75, 3.05) is 0 Å². The Morgan fingerprint density at radius 3 is 2.71 bits per heavy atom. The molecule has 2 rings (SSSR count). The van der Waals surface area contributed by atoms with E-state index in [0.717, 1.165) is 11.3 Å². The molecule has 3 nitrogen and oxygen atoms in total. The molecule has 0 radical (unpaired) electrons. The number of carbonyl (C=O) groups excluding carboxylic acids is 1. The fourth-order valence-electron chi connectivity index (χ4n) is 2.05. The molecule has 0 aliphatic rings. The molecule has 0 aliphatic carbocycles. The second-order valence-corrected chi connectivity index (χ2v) is 5.82. The van der Waals surface area contributed by atoms with Gasteiger partial charge in [0, 0.05) is 17.8 Å². The van der Waals surface area contributed by atoms with Crippen molar-refractivity contribution in [3.63, 3.8) is 0 Å². The average Bonchev–Trinajstić information content (AvgIpc) is 2.44. The summed E-state index contributed by atoms with van der Waals surface area (Å²) in [5.41, 5.74) is 3.62. The molecule has 0 saturated heterocycles. The SMILES string of the molecule is Cc1cccc(CNC(=O)c2cc(Cl)nc(C(C)C)c2)c1. The number of nitrogens with one attached hydrogen (secondary N) is 1.